The minimum atomic E-state index is -2.89. The van der Waals surface area contributed by atoms with Crippen molar-refractivity contribution in [1.82, 2.24) is 0 Å². The molecule has 0 aromatic heterocycles. The molecule has 3 N–H and O–H groups in total. The van der Waals surface area contributed by atoms with Crippen molar-refractivity contribution in [3.8, 4) is 5.75 Å². The highest BCUT2D eigenvalue weighted by molar-refractivity contribution is 5.93. The minimum absolute atomic E-state index is 0.0719. The van der Waals surface area contributed by atoms with Crippen LogP contribution in [0.4, 0.5) is 18.9 Å². The Balaban J connectivity index is 1.77. The quantitative estimate of drug-likeness (QED) is 0.582. The van der Waals surface area contributed by atoms with Crippen LogP contribution in [0.2, 0.25) is 0 Å². The summed E-state index contributed by atoms with van der Waals surface area (Å²) >= 11 is 0. The molecular weight excluding hydrogens is 393 g/mol. The molecule has 0 unspecified atom stereocenters. The first-order valence-electron chi connectivity index (χ1n) is 9.43. The molecule has 0 saturated heterocycles. The van der Waals surface area contributed by atoms with Crippen molar-refractivity contribution in [2.75, 3.05) is 5.32 Å². The van der Waals surface area contributed by atoms with Gasteiger partial charge in [-0.25, -0.2) is 4.39 Å². The molecule has 7 heteroatoms. The molecule has 3 rings (SSSR count). The lowest BCUT2D eigenvalue weighted by Crippen LogP contribution is -2.92. The summed E-state index contributed by atoms with van der Waals surface area (Å²) in [6.07, 6.45) is 0. The SMILES string of the molecule is C[C@H]([NH2+][C@@H](c1ccccc1)c1ccc(OC(F)F)cc1)C(=O)Nc1ccc(F)cc1. The molecule has 0 fully saturated rings. The average Bonchev–Trinajstić information content (AvgIpc) is 2.74. The van der Waals surface area contributed by atoms with E-state index in [1.54, 1.807) is 19.1 Å². The molecule has 0 saturated carbocycles. The van der Waals surface area contributed by atoms with E-state index in [-0.39, 0.29) is 23.5 Å². The predicted molar refractivity (Wildman–Crippen MR) is 108 cm³/mol. The highest BCUT2D eigenvalue weighted by atomic mass is 19.3. The molecule has 0 aliphatic rings. The van der Waals surface area contributed by atoms with Crippen LogP contribution in [-0.2, 0) is 4.79 Å². The maximum absolute atomic E-state index is 13.1. The van der Waals surface area contributed by atoms with Gasteiger partial charge in [0.05, 0.1) is 0 Å². The fourth-order valence-corrected chi connectivity index (χ4v) is 3.10. The number of rotatable bonds is 8. The molecule has 0 spiro atoms. The van der Waals surface area contributed by atoms with Gasteiger partial charge in [0.1, 0.15) is 17.6 Å². The molecule has 0 aliphatic carbocycles. The number of hydrogen-bond acceptors (Lipinski definition) is 2. The van der Waals surface area contributed by atoms with Crippen LogP contribution in [-0.4, -0.2) is 18.6 Å². The van der Waals surface area contributed by atoms with Crippen LogP contribution in [0.1, 0.15) is 24.1 Å². The zero-order chi connectivity index (χ0) is 21.5. The predicted octanol–water partition coefficient (Wildman–Crippen LogP) is 4.11. The Hall–Kier alpha value is -3.32. The van der Waals surface area contributed by atoms with E-state index < -0.39 is 12.7 Å². The summed E-state index contributed by atoms with van der Waals surface area (Å²) in [5, 5.41) is 4.65. The Labute approximate surface area is 172 Å². The highest BCUT2D eigenvalue weighted by Gasteiger charge is 2.25. The van der Waals surface area contributed by atoms with E-state index >= 15 is 0 Å². The lowest BCUT2D eigenvalue weighted by atomic mass is 9.97. The van der Waals surface area contributed by atoms with E-state index in [9.17, 15) is 18.0 Å². The van der Waals surface area contributed by atoms with Crippen molar-refractivity contribution in [2.45, 2.75) is 25.6 Å². The number of hydrogen-bond donors (Lipinski definition) is 2. The lowest BCUT2D eigenvalue weighted by molar-refractivity contribution is -0.704. The number of carbonyl (C=O) groups is 1. The maximum atomic E-state index is 13.1. The summed E-state index contributed by atoms with van der Waals surface area (Å²) in [5.74, 6) is -0.543. The second kappa shape index (κ2) is 9.93. The largest absolute Gasteiger partial charge is 0.435 e. The van der Waals surface area contributed by atoms with Gasteiger partial charge in [-0.2, -0.15) is 8.78 Å². The third kappa shape index (κ3) is 5.84. The Bertz CT molecular complexity index is 948. The first-order chi connectivity index (χ1) is 14.4. The van der Waals surface area contributed by atoms with E-state index in [0.29, 0.717) is 5.69 Å². The first-order valence-corrected chi connectivity index (χ1v) is 9.43. The molecule has 2 atom stereocenters. The first kappa shape index (κ1) is 21.4. The van der Waals surface area contributed by atoms with Gasteiger partial charge in [0.25, 0.3) is 5.91 Å². The lowest BCUT2D eigenvalue weighted by Gasteiger charge is -2.21. The minimum Gasteiger partial charge on any atom is -0.435 e. The van der Waals surface area contributed by atoms with E-state index in [0.717, 1.165) is 11.1 Å². The van der Waals surface area contributed by atoms with Crippen molar-refractivity contribution in [2.24, 2.45) is 0 Å². The number of carbonyl (C=O) groups excluding carboxylic acids is 1. The molecule has 156 valence electrons. The van der Waals surface area contributed by atoms with E-state index in [1.165, 1.54) is 36.4 Å². The summed E-state index contributed by atoms with van der Waals surface area (Å²) < 4.78 is 42.3. The van der Waals surface area contributed by atoms with Crippen LogP contribution >= 0.6 is 0 Å². The average molecular weight is 415 g/mol. The number of nitrogens with two attached hydrogens (primary N) is 1. The van der Waals surface area contributed by atoms with E-state index in [4.69, 9.17) is 0 Å². The molecule has 0 aliphatic heterocycles. The summed E-state index contributed by atoms with van der Waals surface area (Å²) in [6, 6.07) is 20.8. The van der Waals surface area contributed by atoms with E-state index in [2.05, 4.69) is 10.1 Å². The number of nitrogens with one attached hydrogen (secondary N) is 1. The van der Waals surface area contributed by atoms with Gasteiger partial charge in [-0.15, -0.1) is 0 Å². The highest BCUT2D eigenvalue weighted by Crippen LogP contribution is 2.22. The fourth-order valence-electron chi connectivity index (χ4n) is 3.10. The van der Waals surface area contributed by atoms with Gasteiger partial charge in [-0.1, -0.05) is 30.3 Å². The Kier molecular flexibility index (Phi) is 7.08. The third-order valence-corrected chi connectivity index (χ3v) is 4.63. The van der Waals surface area contributed by atoms with Gasteiger partial charge in [-0.3, -0.25) is 4.79 Å². The van der Waals surface area contributed by atoms with Crippen molar-refractivity contribution < 1.29 is 28.0 Å². The molecule has 0 radical (unpaired) electrons. The van der Waals surface area contributed by atoms with Crippen LogP contribution in [0.15, 0.2) is 78.9 Å². The second-order valence-electron chi connectivity index (χ2n) is 6.81. The molecule has 4 nitrogen and oxygen atoms in total. The summed E-state index contributed by atoms with van der Waals surface area (Å²) in [6.45, 7) is -1.12. The number of amides is 1. The van der Waals surface area contributed by atoms with Crippen LogP contribution in [0, 0.1) is 5.82 Å². The van der Waals surface area contributed by atoms with Crippen LogP contribution in [0.3, 0.4) is 0 Å². The zero-order valence-electron chi connectivity index (χ0n) is 16.3. The van der Waals surface area contributed by atoms with Crippen molar-refractivity contribution in [3.05, 3.63) is 95.8 Å². The van der Waals surface area contributed by atoms with Gasteiger partial charge < -0.3 is 15.4 Å². The molecule has 3 aromatic rings. The molecule has 0 bridgehead atoms. The molecule has 3 aromatic carbocycles. The van der Waals surface area contributed by atoms with Gasteiger partial charge in [0, 0.05) is 16.8 Å². The maximum Gasteiger partial charge on any atom is 0.387 e. The summed E-state index contributed by atoms with van der Waals surface area (Å²) in [4.78, 5) is 12.6. The van der Waals surface area contributed by atoms with Crippen molar-refractivity contribution >= 4 is 11.6 Å². The van der Waals surface area contributed by atoms with Crippen LogP contribution in [0.25, 0.3) is 0 Å². The number of ether oxygens (including phenoxy) is 1. The number of anilines is 1. The molecular formula is C23H22F3N2O2+. The number of benzene rings is 3. The Morgan fingerprint density at radius 2 is 1.50 bits per heavy atom. The van der Waals surface area contributed by atoms with E-state index in [1.807, 2.05) is 35.6 Å². The second-order valence-corrected chi connectivity index (χ2v) is 6.81. The number of alkyl halides is 2. The molecule has 30 heavy (non-hydrogen) atoms. The van der Waals surface area contributed by atoms with Crippen molar-refractivity contribution in [3.63, 3.8) is 0 Å². The fraction of sp³-hybridized carbons (Fsp3) is 0.174. The van der Waals surface area contributed by atoms with Gasteiger partial charge in [0.2, 0.25) is 0 Å². The zero-order valence-corrected chi connectivity index (χ0v) is 16.3. The molecule has 1 amide bonds. The number of quaternary nitrogens is 1. The Morgan fingerprint density at radius 1 is 0.900 bits per heavy atom. The molecule has 0 heterocycles. The smallest absolute Gasteiger partial charge is 0.387 e. The van der Waals surface area contributed by atoms with Gasteiger partial charge >= 0.3 is 6.61 Å². The Morgan fingerprint density at radius 3 is 2.10 bits per heavy atom. The van der Waals surface area contributed by atoms with Crippen LogP contribution in [0.5, 0.6) is 5.75 Å². The van der Waals surface area contributed by atoms with Gasteiger partial charge in [0.15, 0.2) is 6.04 Å². The van der Waals surface area contributed by atoms with Crippen LogP contribution < -0.4 is 15.4 Å². The third-order valence-electron chi connectivity index (χ3n) is 4.63. The topological polar surface area (TPSA) is 54.9 Å². The van der Waals surface area contributed by atoms with Crippen molar-refractivity contribution in [1.29, 1.82) is 0 Å². The normalized spacial score (nSPS) is 13.0. The number of halogens is 3. The standard InChI is InChI=1S/C23H21F3N2O2/c1-15(22(29)28-19-11-9-18(24)10-12-19)27-21(16-5-3-2-4-6-16)17-7-13-20(14-8-17)30-23(25)26/h2-15,21,23,27H,1H3,(H,28,29)/p+1/t15-,21-/m0/s1. The monoisotopic (exact) mass is 415 g/mol. The van der Waals surface area contributed by atoms with Gasteiger partial charge in [-0.05, 0) is 55.5 Å². The summed E-state index contributed by atoms with van der Waals surface area (Å²) in [7, 11) is 0. The summed E-state index contributed by atoms with van der Waals surface area (Å²) in [5.41, 5.74) is 2.30.